The van der Waals surface area contributed by atoms with Gasteiger partial charge in [-0.25, -0.2) is 9.13 Å². The van der Waals surface area contributed by atoms with E-state index >= 15 is 0 Å². The standard InChI is InChI=1S/C8H14F2N3O5S2/c1-3-11-4-5-12(6-7-18-2)8(11)13(19(9,14)15)20(10,16)17/h4-5H,3,6-7H2,1-2H3/q+1. The van der Waals surface area contributed by atoms with Crippen LogP contribution in [0.1, 0.15) is 6.92 Å². The molecular formula is C8H14F2N3O5S2+. The quantitative estimate of drug-likeness (QED) is 0.503. The maximum absolute atomic E-state index is 13.2. The molecule has 0 amide bonds. The second-order valence-electron chi connectivity index (χ2n) is 3.65. The van der Waals surface area contributed by atoms with E-state index in [-0.39, 0.29) is 19.7 Å². The third kappa shape index (κ3) is 3.64. The van der Waals surface area contributed by atoms with E-state index in [4.69, 9.17) is 4.74 Å². The Morgan fingerprint density at radius 3 is 2.25 bits per heavy atom. The summed E-state index contributed by atoms with van der Waals surface area (Å²) < 4.78 is 76.1. The molecule has 0 saturated carbocycles. The van der Waals surface area contributed by atoms with Crippen LogP contribution in [0.5, 0.6) is 0 Å². The molecule has 0 aliphatic carbocycles. The first-order valence-corrected chi connectivity index (χ1v) is 8.08. The minimum Gasteiger partial charge on any atom is -0.381 e. The SMILES string of the molecule is CCn1cc[n+](CCOC)c1N(S(=O)(=O)F)S(=O)(=O)F. The summed E-state index contributed by atoms with van der Waals surface area (Å²) in [6.07, 6.45) is 2.59. The van der Waals surface area contributed by atoms with E-state index in [0.717, 1.165) is 9.13 Å². The molecule has 116 valence electrons. The molecule has 8 nitrogen and oxygen atoms in total. The van der Waals surface area contributed by atoms with Gasteiger partial charge in [0.15, 0.2) is 0 Å². The highest BCUT2D eigenvalue weighted by atomic mass is 32.3. The summed E-state index contributed by atoms with van der Waals surface area (Å²) >= 11 is 0. The van der Waals surface area contributed by atoms with E-state index < -0.39 is 30.5 Å². The molecule has 12 heteroatoms. The van der Waals surface area contributed by atoms with Crippen LogP contribution in [0.4, 0.5) is 13.7 Å². The molecule has 0 aromatic carbocycles. The molecule has 1 rings (SSSR count). The number of hydrogen-bond acceptors (Lipinski definition) is 5. The van der Waals surface area contributed by atoms with Crippen molar-refractivity contribution in [2.75, 3.05) is 17.4 Å². The van der Waals surface area contributed by atoms with Crippen molar-refractivity contribution in [3.8, 4) is 0 Å². The van der Waals surface area contributed by atoms with Crippen molar-refractivity contribution < 1.29 is 33.9 Å². The predicted molar refractivity (Wildman–Crippen MR) is 64.7 cm³/mol. The van der Waals surface area contributed by atoms with Crippen LogP contribution in [0.25, 0.3) is 0 Å². The lowest BCUT2D eigenvalue weighted by molar-refractivity contribution is -0.684. The zero-order chi connectivity index (χ0) is 15.6. The monoisotopic (exact) mass is 334 g/mol. The third-order valence-corrected chi connectivity index (χ3v) is 4.56. The summed E-state index contributed by atoms with van der Waals surface area (Å²) in [6, 6.07) is 0. The Bertz CT molecular complexity index is 638. The lowest BCUT2D eigenvalue weighted by Crippen LogP contribution is -2.46. The van der Waals surface area contributed by atoms with E-state index in [2.05, 4.69) is 0 Å². The Labute approximate surface area is 115 Å². The number of aromatic nitrogens is 2. The number of hydrogen-bond donors (Lipinski definition) is 0. The van der Waals surface area contributed by atoms with Crippen molar-refractivity contribution in [1.29, 1.82) is 0 Å². The first kappa shape index (κ1) is 16.8. The van der Waals surface area contributed by atoms with Gasteiger partial charge in [0.1, 0.15) is 0 Å². The molecule has 1 aromatic rings. The molecule has 1 heterocycles. The van der Waals surface area contributed by atoms with E-state index in [1.54, 1.807) is 6.92 Å². The van der Waals surface area contributed by atoms with Gasteiger partial charge in [-0.15, -0.1) is 0 Å². The van der Waals surface area contributed by atoms with Crippen LogP contribution in [-0.4, -0.2) is 35.1 Å². The summed E-state index contributed by atoms with van der Waals surface area (Å²) in [6.45, 7) is 1.77. The Morgan fingerprint density at radius 1 is 1.30 bits per heavy atom. The first-order chi connectivity index (χ1) is 9.12. The molecule has 0 fully saturated rings. The molecule has 0 saturated heterocycles. The first-order valence-electron chi connectivity index (χ1n) is 5.40. The summed E-state index contributed by atoms with van der Waals surface area (Å²) in [7, 11) is -10.3. The highest BCUT2D eigenvalue weighted by Crippen LogP contribution is 2.21. The topological polar surface area (TPSA) is 89.6 Å². The molecule has 0 aliphatic rings. The number of aryl methyl sites for hydroxylation is 1. The molecular weight excluding hydrogens is 320 g/mol. The zero-order valence-corrected chi connectivity index (χ0v) is 12.4. The number of ether oxygens (including phenoxy) is 1. The van der Waals surface area contributed by atoms with Crippen LogP contribution in [0.2, 0.25) is 0 Å². The molecule has 1 aromatic heterocycles. The van der Waals surface area contributed by atoms with Crippen molar-refractivity contribution >= 4 is 26.8 Å². The van der Waals surface area contributed by atoms with E-state index in [0.29, 0.717) is 0 Å². The van der Waals surface area contributed by atoms with Gasteiger partial charge in [0.2, 0.25) is 0 Å². The van der Waals surface area contributed by atoms with E-state index in [9.17, 15) is 24.6 Å². The molecule has 0 bridgehead atoms. The maximum atomic E-state index is 13.2. The highest BCUT2D eigenvalue weighted by Gasteiger charge is 2.46. The minimum atomic E-state index is -5.84. The van der Waals surface area contributed by atoms with Gasteiger partial charge in [-0.1, -0.05) is 7.77 Å². The van der Waals surface area contributed by atoms with Crippen molar-refractivity contribution in [3.63, 3.8) is 0 Å². The summed E-state index contributed by atoms with van der Waals surface area (Å²) in [5.41, 5.74) is 0. The van der Waals surface area contributed by atoms with Gasteiger partial charge in [0, 0.05) is 10.8 Å². The average molecular weight is 334 g/mol. The lowest BCUT2D eigenvalue weighted by Gasteiger charge is -2.10. The molecule has 0 atom stereocenters. The van der Waals surface area contributed by atoms with Gasteiger partial charge in [-0.3, -0.25) is 0 Å². The zero-order valence-electron chi connectivity index (χ0n) is 10.7. The fraction of sp³-hybridized carbons (Fsp3) is 0.625. The Balaban J connectivity index is 3.50. The minimum absolute atomic E-state index is 0.0143. The van der Waals surface area contributed by atoms with Gasteiger partial charge >= 0.3 is 26.8 Å². The predicted octanol–water partition coefficient (Wildman–Crippen LogP) is -0.323. The van der Waals surface area contributed by atoms with Crippen molar-refractivity contribution in [2.24, 2.45) is 0 Å². The third-order valence-electron chi connectivity index (χ3n) is 2.38. The molecule has 0 unspecified atom stereocenters. The molecule has 0 radical (unpaired) electrons. The molecule has 20 heavy (non-hydrogen) atoms. The van der Waals surface area contributed by atoms with Crippen LogP contribution >= 0.6 is 0 Å². The fourth-order valence-electron chi connectivity index (χ4n) is 1.58. The van der Waals surface area contributed by atoms with Crippen molar-refractivity contribution in [3.05, 3.63) is 12.4 Å². The van der Waals surface area contributed by atoms with Crippen molar-refractivity contribution in [2.45, 2.75) is 20.0 Å². The van der Waals surface area contributed by atoms with Crippen LogP contribution in [0.3, 0.4) is 0 Å². The lowest BCUT2D eigenvalue weighted by atomic mass is 10.6. The number of rotatable bonds is 7. The van der Waals surface area contributed by atoms with Gasteiger partial charge < -0.3 is 4.74 Å². The van der Waals surface area contributed by atoms with E-state index in [1.807, 2.05) is 0 Å². The van der Waals surface area contributed by atoms with Gasteiger partial charge in [0.05, 0.1) is 32.1 Å². The molecule has 0 N–H and O–H groups in total. The van der Waals surface area contributed by atoms with E-state index in [1.165, 1.54) is 19.5 Å². The van der Waals surface area contributed by atoms with Crippen molar-refractivity contribution in [1.82, 2.24) is 4.57 Å². The maximum Gasteiger partial charge on any atom is 0.469 e. The summed E-state index contributed by atoms with van der Waals surface area (Å²) in [5, 5.41) is 0. The van der Waals surface area contributed by atoms with Gasteiger partial charge in [-0.2, -0.15) is 16.8 Å². The number of nitrogens with zero attached hydrogens (tertiary/aromatic N) is 3. The Hall–Kier alpha value is -1.27. The van der Waals surface area contributed by atoms with Gasteiger partial charge in [-0.05, 0) is 6.92 Å². The van der Waals surface area contributed by atoms with Crippen LogP contribution in [0.15, 0.2) is 12.4 Å². The highest BCUT2D eigenvalue weighted by molar-refractivity contribution is 8.05. The normalized spacial score (nSPS) is 12.6. The molecule has 0 spiro atoms. The molecule has 0 aliphatic heterocycles. The van der Waals surface area contributed by atoms with Crippen LogP contribution in [-0.2, 0) is 38.6 Å². The average Bonchev–Trinajstić information content (AvgIpc) is 2.65. The summed E-state index contributed by atoms with van der Waals surface area (Å²) in [4.78, 5) is 0. The number of halogens is 2. The number of anilines is 1. The van der Waals surface area contributed by atoms with Gasteiger partial charge in [0.25, 0.3) is 0 Å². The smallest absolute Gasteiger partial charge is 0.381 e. The largest absolute Gasteiger partial charge is 0.469 e. The Morgan fingerprint density at radius 2 is 1.85 bits per heavy atom. The van der Waals surface area contributed by atoms with Crippen LogP contribution < -0.4 is 8.28 Å². The number of imidazole rings is 1. The summed E-state index contributed by atoms with van der Waals surface area (Å²) in [5.74, 6) is -0.672. The fourth-order valence-corrected chi connectivity index (χ4v) is 3.24. The second kappa shape index (κ2) is 6.01. The second-order valence-corrected chi connectivity index (χ2v) is 6.26. The number of methoxy groups -OCH3 is 1. The van der Waals surface area contributed by atoms with Crippen LogP contribution in [0, 0.1) is 0 Å². The Kier molecular flexibility index (Phi) is 5.05.